The molecule has 0 unspecified atom stereocenters. The van der Waals surface area contributed by atoms with Gasteiger partial charge in [-0.15, -0.1) is 0 Å². The van der Waals surface area contributed by atoms with Gasteiger partial charge >= 0.3 is 0 Å². The van der Waals surface area contributed by atoms with Crippen molar-refractivity contribution in [3.8, 4) is 0 Å². The molecule has 3 N–H and O–H groups in total. The van der Waals surface area contributed by atoms with Crippen molar-refractivity contribution in [3.05, 3.63) is 0 Å². The lowest BCUT2D eigenvalue weighted by Crippen LogP contribution is -2.30. The molecule has 0 amide bonds. The third-order valence-electron chi connectivity index (χ3n) is 2.16. The quantitative estimate of drug-likeness (QED) is 0.621. The van der Waals surface area contributed by atoms with Crippen LogP contribution in [0.2, 0.25) is 0 Å². The Morgan fingerprint density at radius 3 is 2.45 bits per heavy atom. The molecule has 0 heterocycles. The van der Waals surface area contributed by atoms with Crippen LogP contribution in [0.5, 0.6) is 0 Å². The van der Waals surface area contributed by atoms with Crippen LogP contribution in [-0.4, -0.2) is 30.5 Å². The third-order valence-corrected chi connectivity index (χ3v) is 2.16. The van der Waals surface area contributed by atoms with E-state index in [2.05, 4.69) is 0 Å². The van der Waals surface area contributed by atoms with Crippen LogP contribution in [0.3, 0.4) is 0 Å². The fourth-order valence-electron chi connectivity index (χ4n) is 1.47. The number of hydrogen-bond donors (Lipinski definition) is 2. The maximum absolute atomic E-state index is 8.50. The van der Waals surface area contributed by atoms with E-state index in [9.17, 15) is 0 Å². The molecule has 1 fully saturated rings. The van der Waals surface area contributed by atoms with Gasteiger partial charge in [-0.1, -0.05) is 0 Å². The Morgan fingerprint density at radius 2 is 1.91 bits per heavy atom. The predicted molar refractivity (Wildman–Crippen MR) is 43.3 cm³/mol. The molecule has 3 nitrogen and oxygen atoms in total. The standard InChI is InChI=1S/C8H17NO2/c9-7-1-3-8(4-2-7)11-6-5-10/h7-8,10H,1-6,9H2/t7-,8-. The molecule has 0 saturated heterocycles. The van der Waals surface area contributed by atoms with Gasteiger partial charge in [0.25, 0.3) is 0 Å². The first kappa shape index (κ1) is 8.97. The SMILES string of the molecule is N[C@H]1CC[C@H](OCCO)CC1. The molecule has 0 aromatic carbocycles. The van der Waals surface area contributed by atoms with Crippen LogP contribution in [0.4, 0.5) is 0 Å². The lowest BCUT2D eigenvalue weighted by Gasteiger charge is -2.25. The summed E-state index contributed by atoms with van der Waals surface area (Å²) < 4.78 is 5.37. The maximum atomic E-state index is 8.50. The van der Waals surface area contributed by atoms with E-state index in [0.29, 0.717) is 18.8 Å². The molecule has 0 aromatic rings. The second-order valence-electron chi connectivity index (χ2n) is 3.13. The van der Waals surface area contributed by atoms with E-state index in [1.807, 2.05) is 0 Å². The first-order valence-electron chi connectivity index (χ1n) is 4.31. The fraction of sp³-hybridized carbons (Fsp3) is 1.00. The fourth-order valence-corrected chi connectivity index (χ4v) is 1.47. The molecule has 0 radical (unpaired) electrons. The van der Waals surface area contributed by atoms with Gasteiger partial charge < -0.3 is 15.6 Å². The Hall–Kier alpha value is -0.120. The highest BCUT2D eigenvalue weighted by molar-refractivity contribution is 4.74. The maximum Gasteiger partial charge on any atom is 0.0701 e. The van der Waals surface area contributed by atoms with Crippen molar-refractivity contribution in [1.82, 2.24) is 0 Å². The van der Waals surface area contributed by atoms with E-state index in [1.54, 1.807) is 0 Å². The van der Waals surface area contributed by atoms with Crippen molar-refractivity contribution >= 4 is 0 Å². The molecule has 11 heavy (non-hydrogen) atoms. The van der Waals surface area contributed by atoms with Gasteiger partial charge in [0.15, 0.2) is 0 Å². The monoisotopic (exact) mass is 159 g/mol. The Balaban J connectivity index is 2.07. The Morgan fingerprint density at radius 1 is 1.27 bits per heavy atom. The van der Waals surface area contributed by atoms with E-state index in [1.165, 1.54) is 0 Å². The van der Waals surface area contributed by atoms with Crippen LogP contribution in [0.25, 0.3) is 0 Å². The van der Waals surface area contributed by atoms with Gasteiger partial charge in [-0.2, -0.15) is 0 Å². The molecular weight excluding hydrogens is 142 g/mol. The van der Waals surface area contributed by atoms with Crippen LogP contribution in [0, 0.1) is 0 Å². The van der Waals surface area contributed by atoms with Gasteiger partial charge in [-0.05, 0) is 25.7 Å². The summed E-state index contributed by atoms with van der Waals surface area (Å²) in [6.07, 6.45) is 4.59. The highest BCUT2D eigenvalue weighted by Gasteiger charge is 2.18. The zero-order chi connectivity index (χ0) is 8.10. The van der Waals surface area contributed by atoms with Crippen LogP contribution in [0.15, 0.2) is 0 Å². The lowest BCUT2D eigenvalue weighted by atomic mass is 9.94. The number of nitrogens with two attached hydrogens (primary N) is 1. The van der Waals surface area contributed by atoms with Crippen LogP contribution < -0.4 is 5.73 Å². The smallest absolute Gasteiger partial charge is 0.0701 e. The minimum Gasteiger partial charge on any atom is -0.394 e. The molecule has 0 aromatic heterocycles. The molecule has 1 saturated carbocycles. The molecule has 1 rings (SSSR count). The summed E-state index contributed by atoms with van der Waals surface area (Å²) in [5, 5.41) is 8.50. The Kier molecular flexibility index (Phi) is 3.83. The summed E-state index contributed by atoms with van der Waals surface area (Å²) in [5.41, 5.74) is 5.72. The van der Waals surface area contributed by atoms with Gasteiger partial charge in [0.05, 0.1) is 19.3 Å². The third kappa shape index (κ3) is 3.18. The van der Waals surface area contributed by atoms with Crippen molar-refractivity contribution < 1.29 is 9.84 Å². The molecule has 66 valence electrons. The topological polar surface area (TPSA) is 55.5 Å². The van der Waals surface area contributed by atoms with Crippen LogP contribution in [0.1, 0.15) is 25.7 Å². The van der Waals surface area contributed by atoms with Crippen molar-refractivity contribution in [2.24, 2.45) is 5.73 Å². The summed E-state index contributed by atoms with van der Waals surface area (Å²) in [7, 11) is 0. The minimum absolute atomic E-state index is 0.128. The second kappa shape index (κ2) is 4.70. The Labute approximate surface area is 67.5 Å². The van der Waals surface area contributed by atoms with Gasteiger partial charge in [-0.3, -0.25) is 0 Å². The van der Waals surface area contributed by atoms with E-state index in [0.717, 1.165) is 25.7 Å². The van der Waals surface area contributed by atoms with Crippen molar-refractivity contribution in [3.63, 3.8) is 0 Å². The lowest BCUT2D eigenvalue weighted by molar-refractivity contribution is 0.00623. The van der Waals surface area contributed by atoms with Crippen molar-refractivity contribution in [1.29, 1.82) is 0 Å². The molecule has 0 bridgehead atoms. The summed E-state index contributed by atoms with van der Waals surface area (Å²) in [6.45, 7) is 0.600. The molecule has 1 aliphatic rings. The number of rotatable bonds is 3. The number of hydrogen-bond acceptors (Lipinski definition) is 3. The van der Waals surface area contributed by atoms with Crippen LogP contribution in [-0.2, 0) is 4.74 Å². The molecule has 0 aliphatic heterocycles. The predicted octanol–water partition coefficient (Wildman–Crippen LogP) is 0.265. The molecule has 0 atom stereocenters. The van der Waals surface area contributed by atoms with E-state index in [-0.39, 0.29) is 6.61 Å². The summed E-state index contributed by atoms with van der Waals surface area (Å²) >= 11 is 0. The number of ether oxygens (including phenoxy) is 1. The zero-order valence-electron chi connectivity index (χ0n) is 6.83. The Bertz CT molecular complexity index is 97.5. The minimum atomic E-state index is 0.128. The average molecular weight is 159 g/mol. The first-order chi connectivity index (χ1) is 5.33. The summed E-state index contributed by atoms with van der Waals surface area (Å²) in [6, 6.07) is 0.379. The average Bonchev–Trinajstić information content (AvgIpc) is 2.04. The van der Waals surface area contributed by atoms with Crippen molar-refractivity contribution in [2.75, 3.05) is 13.2 Å². The van der Waals surface area contributed by atoms with Gasteiger partial charge in [-0.25, -0.2) is 0 Å². The normalized spacial score (nSPS) is 32.2. The van der Waals surface area contributed by atoms with Gasteiger partial charge in [0, 0.05) is 6.04 Å². The summed E-state index contributed by atoms with van der Waals surface area (Å²) in [4.78, 5) is 0. The van der Waals surface area contributed by atoms with Gasteiger partial charge in [0.2, 0.25) is 0 Å². The van der Waals surface area contributed by atoms with Gasteiger partial charge in [0.1, 0.15) is 0 Å². The molecule has 0 spiro atoms. The number of aliphatic hydroxyl groups is 1. The molecular formula is C8H17NO2. The summed E-state index contributed by atoms with van der Waals surface area (Å²) in [5.74, 6) is 0. The molecule has 3 heteroatoms. The van der Waals surface area contributed by atoms with E-state index >= 15 is 0 Å². The first-order valence-corrected chi connectivity index (χ1v) is 4.31. The highest BCUT2D eigenvalue weighted by Crippen LogP contribution is 2.19. The van der Waals surface area contributed by atoms with E-state index in [4.69, 9.17) is 15.6 Å². The van der Waals surface area contributed by atoms with Crippen molar-refractivity contribution in [2.45, 2.75) is 37.8 Å². The molecule has 1 aliphatic carbocycles. The largest absolute Gasteiger partial charge is 0.394 e. The number of aliphatic hydroxyl groups excluding tert-OH is 1. The van der Waals surface area contributed by atoms with Crippen LogP contribution >= 0.6 is 0 Å². The second-order valence-corrected chi connectivity index (χ2v) is 3.13. The zero-order valence-corrected chi connectivity index (χ0v) is 6.83. The van der Waals surface area contributed by atoms with E-state index < -0.39 is 0 Å². The highest BCUT2D eigenvalue weighted by atomic mass is 16.5.